The Hall–Kier alpha value is -1.92. The van der Waals surface area contributed by atoms with Crippen LogP contribution in [0.1, 0.15) is 22.4 Å². The van der Waals surface area contributed by atoms with Crippen LogP contribution in [-0.4, -0.2) is 18.5 Å². The van der Waals surface area contributed by atoms with Gasteiger partial charge >= 0.3 is 0 Å². The van der Waals surface area contributed by atoms with Crippen molar-refractivity contribution >= 4 is 15.8 Å². The number of benzene rings is 1. The molecule has 21 heavy (non-hydrogen) atoms. The van der Waals surface area contributed by atoms with Crippen molar-refractivity contribution in [1.82, 2.24) is 4.98 Å². The largest absolute Gasteiger partial charge is 0.392 e. The van der Waals surface area contributed by atoms with Gasteiger partial charge in [-0.2, -0.15) is 0 Å². The Labute approximate surface area is 124 Å². The van der Waals surface area contributed by atoms with E-state index in [1.165, 1.54) is 0 Å². The lowest BCUT2D eigenvalue weighted by molar-refractivity contribution is 0.282. The maximum absolute atomic E-state index is 12.2. The molecule has 0 bridgehead atoms. The van der Waals surface area contributed by atoms with E-state index in [4.69, 9.17) is 5.11 Å². The molecule has 6 heteroatoms. The standard InChI is InChI=1S/C15H18N2O3S/c1-11-6-12(2)16-15(7-11)17-21(19,20)10-14-5-3-4-13(8-14)9-18/h3-8,18H,9-10H2,1-2H3,(H,16,17). The van der Waals surface area contributed by atoms with Crippen LogP contribution in [0.3, 0.4) is 0 Å². The Bertz CT molecular complexity index is 722. The first kappa shape index (κ1) is 15.5. The molecule has 5 nitrogen and oxygen atoms in total. The molecule has 0 saturated heterocycles. The summed E-state index contributed by atoms with van der Waals surface area (Å²) in [6, 6.07) is 10.4. The third-order valence-electron chi connectivity index (χ3n) is 2.89. The molecule has 0 aliphatic rings. The minimum Gasteiger partial charge on any atom is -0.392 e. The summed E-state index contributed by atoms with van der Waals surface area (Å²) < 4.78 is 26.8. The quantitative estimate of drug-likeness (QED) is 0.887. The molecule has 0 unspecified atom stereocenters. The normalized spacial score (nSPS) is 11.4. The fourth-order valence-electron chi connectivity index (χ4n) is 2.13. The van der Waals surface area contributed by atoms with Gasteiger partial charge in [0.2, 0.25) is 10.0 Å². The van der Waals surface area contributed by atoms with Gasteiger partial charge < -0.3 is 5.11 Å². The summed E-state index contributed by atoms with van der Waals surface area (Å²) in [5, 5.41) is 9.08. The molecule has 0 saturated carbocycles. The smallest absolute Gasteiger partial charge is 0.238 e. The van der Waals surface area contributed by atoms with E-state index in [0.717, 1.165) is 11.3 Å². The van der Waals surface area contributed by atoms with Gasteiger partial charge in [-0.15, -0.1) is 0 Å². The highest BCUT2D eigenvalue weighted by Crippen LogP contribution is 2.14. The molecule has 112 valence electrons. The van der Waals surface area contributed by atoms with E-state index in [1.807, 2.05) is 19.9 Å². The van der Waals surface area contributed by atoms with Crippen molar-refractivity contribution in [3.8, 4) is 0 Å². The van der Waals surface area contributed by atoms with Gasteiger partial charge in [0.05, 0.1) is 12.4 Å². The van der Waals surface area contributed by atoms with E-state index in [0.29, 0.717) is 16.9 Å². The van der Waals surface area contributed by atoms with Crippen molar-refractivity contribution < 1.29 is 13.5 Å². The Balaban J connectivity index is 2.18. The molecule has 2 N–H and O–H groups in total. The van der Waals surface area contributed by atoms with E-state index in [1.54, 1.807) is 30.3 Å². The number of hydrogen-bond donors (Lipinski definition) is 2. The second-order valence-electron chi connectivity index (χ2n) is 5.01. The van der Waals surface area contributed by atoms with Crippen LogP contribution in [0.5, 0.6) is 0 Å². The van der Waals surface area contributed by atoms with Crippen LogP contribution in [0.4, 0.5) is 5.82 Å². The van der Waals surface area contributed by atoms with Gasteiger partial charge in [0.15, 0.2) is 0 Å². The minimum atomic E-state index is -3.54. The van der Waals surface area contributed by atoms with Crippen LogP contribution in [0.15, 0.2) is 36.4 Å². The van der Waals surface area contributed by atoms with Gasteiger partial charge in [0, 0.05) is 5.69 Å². The van der Waals surface area contributed by atoms with Crippen LogP contribution in [0.25, 0.3) is 0 Å². The van der Waals surface area contributed by atoms with Crippen molar-refractivity contribution in [3.05, 3.63) is 58.8 Å². The molecule has 0 radical (unpaired) electrons. The molecule has 1 heterocycles. The zero-order valence-corrected chi connectivity index (χ0v) is 12.8. The van der Waals surface area contributed by atoms with E-state index < -0.39 is 10.0 Å². The summed E-state index contributed by atoms with van der Waals surface area (Å²) >= 11 is 0. The lowest BCUT2D eigenvalue weighted by Crippen LogP contribution is -2.16. The first-order valence-corrected chi connectivity index (χ1v) is 8.18. The van der Waals surface area contributed by atoms with E-state index >= 15 is 0 Å². The van der Waals surface area contributed by atoms with Crippen LogP contribution in [-0.2, 0) is 22.4 Å². The highest BCUT2D eigenvalue weighted by atomic mass is 32.2. The van der Waals surface area contributed by atoms with Gasteiger partial charge in [0.25, 0.3) is 0 Å². The summed E-state index contributed by atoms with van der Waals surface area (Å²) in [5.41, 5.74) is 3.02. The van der Waals surface area contributed by atoms with E-state index in [-0.39, 0.29) is 12.4 Å². The molecule has 0 aliphatic carbocycles. The van der Waals surface area contributed by atoms with Crippen molar-refractivity contribution in [2.75, 3.05) is 4.72 Å². The summed E-state index contributed by atoms with van der Waals surface area (Å²) in [7, 11) is -3.54. The summed E-state index contributed by atoms with van der Waals surface area (Å²) in [6.07, 6.45) is 0. The molecule has 2 rings (SSSR count). The highest BCUT2D eigenvalue weighted by Gasteiger charge is 2.13. The average Bonchev–Trinajstić information content (AvgIpc) is 2.36. The van der Waals surface area contributed by atoms with Crippen LogP contribution < -0.4 is 4.72 Å². The second-order valence-corrected chi connectivity index (χ2v) is 6.73. The number of anilines is 1. The molecular formula is C15H18N2O3S. The summed E-state index contributed by atoms with van der Waals surface area (Å²) in [4.78, 5) is 4.16. The van der Waals surface area contributed by atoms with Crippen LogP contribution in [0.2, 0.25) is 0 Å². The number of pyridine rings is 1. The number of sulfonamides is 1. The van der Waals surface area contributed by atoms with Crippen LogP contribution in [0, 0.1) is 13.8 Å². The Morgan fingerprint density at radius 2 is 1.86 bits per heavy atom. The van der Waals surface area contributed by atoms with Crippen LogP contribution >= 0.6 is 0 Å². The topological polar surface area (TPSA) is 79.3 Å². The number of rotatable bonds is 5. The number of aromatic nitrogens is 1. The number of aliphatic hydroxyl groups is 1. The number of aliphatic hydroxyl groups excluding tert-OH is 1. The number of aryl methyl sites for hydroxylation is 2. The molecule has 1 aromatic heterocycles. The van der Waals surface area contributed by atoms with Crippen molar-refractivity contribution in [2.24, 2.45) is 0 Å². The van der Waals surface area contributed by atoms with E-state index in [9.17, 15) is 8.42 Å². The number of nitrogens with zero attached hydrogens (tertiary/aromatic N) is 1. The Morgan fingerprint density at radius 3 is 2.52 bits per heavy atom. The monoisotopic (exact) mass is 306 g/mol. The SMILES string of the molecule is Cc1cc(C)nc(NS(=O)(=O)Cc2cccc(CO)c2)c1. The fourth-order valence-corrected chi connectivity index (χ4v) is 3.24. The summed E-state index contributed by atoms with van der Waals surface area (Å²) in [6.45, 7) is 3.59. The second kappa shape index (κ2) is 6.24. The maximum Gasteiger partial charge on any atom is 0.238 e. The third-order valence-corrected chi connectivity index (χ3v) is 4.12. The lowest BCUT2D eigenvalue weighted by Gasteiger charge is -2.09. The molecule has 0 amide bonds. The third kappa shape index (κ3) is 4.54. The lowest BCUT2D eigenvalue weighted by atomic mass is 10.1. The highest BCUT2D eigenvalue weighted by molar-refractivity contribution is 7.91. The Morgan fingerprint density at radius 1 is 1.14 bits per heavy atom. The molecule has 0 aliphatic heterocycles. The summed E-state index contributed by atoms with van der Waals surface area (Å²) in [5.74, 6) is 0.168. The van der Waals surface area contributed by atoms with Gasteiger partial charge in [-0.25, -0.2) is 13.4 Å². The van der Waals surface area contributed by atoms with Gasteiger partial charge in [0.1, 0.15) is 5.82 Å². The zero-order chi connectivity index (χ0) is 15.5. The zero-order valence-electron chi connectivity index (χ0n) is 12.0. The van der Waals surface area contributed by atoms with Crippen molar-refractivity contribution in [2.45, 2.75) is 26.2 Å². The maximum atomic E-state index is 12.2. The van der Waals surface area contributed by atoms with E-state index in [2.05, 4.69) is 9.71 Å². The minimum absolute atomic E-state index is 0.111. The van der Waals surface area contributed by atoms with Crippen molar-refractivity contribution in [1.29, 1.82) is 0 Å². The van der Waals surface area contributed by atoms with Gasteiger partial charge in [-0.05, 0) is 42.7 Å². The first-order valence-electron chi connectivity index (χ1n) is 6.52. The fraction of sp³-hybridized carbons (Fsp3) is 0.267. The van der Waals surface area contributed by atoms with Gasteiger partial charge in [-0.1, -0.05) is 24.3 Å². The Kier molecular flexibility index (Phi) is 4.59. The predicted octanol–water partition coefficient (Wildman–Crippen LogP) is 2.13. The molecule has 0 fully saturated rings. The molecular weight excluding hydrogens is 288 g/mol. The molecule has 0 atom stereocenters. The molecule has 2 aromatic rings. The van der Waals surface area contributed by atoms with Gasteiger partial charge in [-0.3, -0.25) is 4.72 Å². The molecule has 0 spiro atoms. The number of nitrogens with one attached hydrogen (secondary N) is 1. The van der Waals surface area contributed by atoms with Crippen molar-refractivity contribution in [3.63, 3.8) is 0 Å². The number of hydrogen-bond acceptors (Lipinski definition) is 4. The average molecular weight is 306 g/mol. The predicted molar refractivity (Wildman–Crippen MR) is 82.3 cm³/mol. The first-order chi connectivity index (χ1) is 9.88. The molecule has 1 aromatic carbocycles.